The van der Waals surface area contributed by atoms with Gasteiger partial charge in [0, 0.05) is 12.0 Å². The first-order valence-electron chi connectivity index (χ1n) is 8.15. The molecule has 4 N–H and O–H groups in total. The highest BCUT2D eigenvalue weighted by atomic mass is 16.2. The summed E-state index contributed by atoms with van der Waals surface area (Å²) in [5, 5.41) is 9.47. The lowest BCUT2D eigenvalue weighted by molar-refractivity contribution is 0.275. The van der Waals surface area contributed by atoms with Gasteiger partial charge in [0.2, 0.25) is 0 Å². The van der Waals surface area contributed by atoms with Crippen LogP contribution in [0.1, 0.15) is 29.5 Å². The Labute approximate surface area is 144 Å². The average Bonchev–Trinajstić information content (AvgIpc) is 2.65. The molecule has 0 aliphatic rings. The second kappa shape index (κ2) is 8.44. The smallest absolute Gasteiger partial charge is 0.0452 e. The third-order valence-electron chi connectivity index (χ3n) is 4.51. The molecule has 0 unspecified atom stereocenters. The molecule has 3 aromatic rings. The molecule has 2 nitrogen and oxygen atoms in total. The molecule has 124 valence electrons. The molecule has 24 heavy (non-hydrogen) atoms. The van der Waals surface area contributed by atoms with Crippen LogP contribution in [0.3, 0.4) is 0 Å². The van der Waals surface area contributed by atoms with Crippen molar-refractivity contribution in [3.05, 3.63) is 108 Å². The Morgan fingerprint density at radius 1 is 0.583 bits per heavy atom. The number of hydrogen-bond acceptors (Lipinski definition) is 2. The Morgan fingerprint density at radius 3 is 1.21 bits per heavy atom. The third kappa shape index (κ3) is 3.40. The van der Waals surface area contributed by atoms with Crippen molar-refractivity contribution in [2.45, 2.75) is 18.3 Å². The average molecular weight is 319 g/mol. The molecule has 0 aromatic heterocycles. The Bertz CT molecular complexity index is 614. The van der Waals surface area contributed by atoms with Crippen molar-refractivity contribution in [3.63, 3.8) is 0 Å². The topological polar surface area (TPSA) is 55.2 Å². The normalized spacial score (nSPS) is 10.9. The lowest BCUT2D eigenvalue weighted by Gasteiger charge is -2.36. The highest BCUT2D eigenvalue weighted by molar-refractivity contribution is 5.50. The third-order valence-corrected chi connectivity index (χ3v) is 4.51. The fourth-order valence-corrected chi connectivity index (χ4v) is 3.45. The fraction of sp³-hybridized carbons (Fsp3) is 0.182. The molecule has 0 bridgehead atoms. The number of aliphatic hydroxyl groups excluding tert-OH is 1. The first-order valence-corrected chi connectivity index (χ1v) is 8.15. The van der Waals surface area contributed by atoms with E-state index in [0.717, 1.165) is 12.8 Å². The van der Waals surface area contributed by atoms with Gasteiger partial charge in [-0.1, -0.05) is 91.0 Å². The highest BCUT2D eigenvalue weighted by Gasteiger charge is 2.35. The number of benzene rings is 3. The van der Waals surface area contributed by atoms with E-state index >= 15 is 0 Å². The summed E-state index contributed by atoms with van der Waals surface area (Å²) in [6.45, 7) is 0.203. The lowest BCUT2D eigenvalue weighted by Crippen LogP contribution is -2.29. The molecule has 0 atom stereocenters. The van der Waals surface area contributed by atoms with Crippen LogP contribution in [-0.4, -0.2) is 11.7 Å². The van der Waals surface area contributed by atoms with Crippen LogP contribution in [-0.2, 0) is 5.41 Å². The van der Waals surface area contributed by atoms with Gasteiger partial charge in [-0.3, -0.25) is 0 Å². The van der Waals surface area contributed by atoms with Crippen LogP contribution in [0.15, 0.2) is 91.0 Å². The van der Waals surface area contributed by atoms with Gasteiger partial charge in [0.05, 0.1) is 0 Å². The summed E-state index contributed by atoms with van der Waals surface area (Å²) in [6.07, 6.45) is 1.64. The largest absolute Gasteiger partial charge is 0.396 e. The predicted octanol–water partition coefficient (Wildman–Crippen LogP) is 4.96. The van der Waals surface area contributed by atoms with E-state index in [9.17, 15) is 5.11 Å². The zero-order valence-electron chi connectivity index (χ0n) is 13.9. The summed E-state index contributed by atoms with van der Waals surface area (Å²) in [4.78, 5) is 0. The SMILES string of the molecule is N.OCCCC(c1ccccc1)(c1ccccc1)c1ccccc1. The van der Waals surface area contributed by atoms with Gasteiger partial charge in [-0.2, -0.15) is 0 Å². The molecular formula is C22H25NO. The van der Waals surface area contributed by atoms with Gasteiger partial charge >= 0.3 is 0 Å². The summed E-state index contributed by atoms with van der Waals surface area (Å²) in [6, 6.07) is 31.9. The van der Waals surface area contributed by atoms with E-state index < -0.39 is 0 Å². The van der Waals surface area contributed by atoms with Crippen LogP contribution in [0.4, 0.5) is 0 Å². The first kappa shape index (κ1) is 17.9. The quantitative estimate of drug-likeness (QED) is 0.631. The second-order valence-electron chi connectivity index (χ2n) is 5.83. The van der Waals surface area contributed by atoms with Gasteiger partial charge in [0.25, 0.3) is 0 Å². The van der Waals surface area contributed by atoms with E-state index in [0.29, 0.717) is 0 Å². The molecule has 0 fully saturated rings. The minimum Gasteiger partial charge on any atom is -0.396 e. The maximum atomic E-state index is 9.47. The Kier molecular flexibility index (Phi) is 6.30. The van der Waals surface area contributed by atoms with Crippen molar-refractivity contribution in [1.29, 1.82) is 0 Å². The van der Waals surface area contributed by atoms with E-state index in [1.54, 1.807) is 0 Å². The molecule has 0 heterocycles. The van der Waals surface area contributed by atoms with E-state index in [2.05, 4.69) is 91.0 Å². The zero-order valence-corrected chi connectivity index (χ0v) is 13.9. The Balaban J connectivity index is 0.00000208. The molecule has 0 radical (unpaired) electrons. The summed E-state index contributed by atoms with van der Waals surface area (Å²) >= 11 is 0. The highest BCUT2D eigenvalue weighted by Crippen LogP contribution is 2.42. The Hall–Kier alpha value is -2.42. The number of rotatable bonds is 6. The summed E-state index contributed by atoms with van der Waals surface area (Å²) in [5.74, 6) is 0. The van der Waals surface area contributed by atoms with Gasteiger partial charge in [-0.05, 0) is 29.5 Å². The van der Waals surface area contributed by atoms with Gasteiger partial charge in [-0.25, -0.2) is 0 Å². The molecule has 3 rings (SSSR count). The van der Waals surface area contributed by atoms with E-state index in [4.69, 9.17) is 0 Å². The van der Waals surface area contributed by atoms with E-state index in [1.165, 1.54) is 16.7 Å². The van der Waals surface area contributed by atoms with Crippen molar-refractivity contribution in [2.24, 2.45) is 0 Å². The summed E-state index contributed by atoms with van der Waals surface area (Å²) in [5.41, 5.74) is 3.58. The minimum absolute atomic E-state index is 0. The fourth-order valence-electron chi connectivity index (χ4n) is 3.45. The molecule has 0 aliphatic heterocycles. The molecule has 0 saturated carbocycles. The van der Waals surface area contributed by atoms with Gasteiger partial charge < -0.3 is 11.3 Å². The van der Waals surface area contributed by atoms with Gasteiger partial charge in [0.15, 0.2) is 0 Å². The minimum atomic E-state index is -0.230. The molecule has 3 aromatic carbocycles. The predicted molar refractivity (Wildman–Crippen MR) is 101 cm³/mol. The number of hydrogen-bond donors (Lipinski definition) is 2. The van der Waals surface area contributed by atoms with Crippen LogP contribution >= 0.6 is 0 Å². The van der Waals surface area contributed by atoms with Crippen LogP contribution in [0.5, 0.6) is 0 Å². The maximum absolute atomic E-state index is 9.47. The zero-order chi connectivity index (χ0) is 16.0. The van der Waals surface area contributed by atoms with Crippen molar-refractivity contribution in [1.82, 2.24) is 6.15 Å². The molecule has 0 amide bonds. The van der Waals surface area contributed by atoms with Crippen molar-refractivity contribution < 1.29 is 5.11 Å². The molecular weight excluding hydrogens is 294 g/mol. The summed E-state index contributed by atoms with van der Waals surface area (Å²) in [7, 11) is 0. The van der Waals surface area contributed by atoms with Crippen molar-refractivity contribution in [3.8, 4) is 0 Å². The second-order valence-corrected chi connectivity index (χ2v) is 5.83. The van der Waals surface area contributed by atoms with Crippen LogP contribution < -0.4 is 6.15 Å². The first-order chi connectivity index (χ1) is 11.4. The standard InChI is InChI=1S/C22H22O.H3N/c23-18-10-17-22(19-11-4-1-5-12-19,20-13-6-2-7-14-20)21-15-8-3-9-16-21;/h1-9,11-16,23H,10,17-18H2;1H3. The van der Waals surface area contributed by atoms with Gasteiger partial charge in [-0.15, -0.1) is 0 Å². The van der Waals surface area contributed by atoms with Crippen molar-refractivity contribution in [2.75, 3.05) is 6.61 Å². The molecule has 0 spiro atoms. The lowest BCUT2D eigenvalue weighted by atomic mass is 9.67. The maximum Gasteiger partial charge on any atom is 0.0452 e. The van der Waals surface area contributed by atoms with Crippen molar-refractivity contribution >= 4 is 0 Å². The molecule has 0 aliphatic carbocycles. The van der Waals surface area contributed by atoms with Crippen LogP contribution in [0.25, 0.3) is 0 Å². The Morgan fingerprint density at radius 2 is 0.917 bits per heavy atom. The molecule has 2 heteroatoms. The van der Waals surface area contributed by atoms with Crippen LogP contribution in [0.2, 0.25) is 0 Å². The molecule has 0 saturated heterocycles. The van der Waals surface area contributed by atoms with Gasteiger partial charge in [0.1, 0.15) is 0 Å². The van der Waals surface area contributed by atoms with E-state index in [1.807, 2.05) is 0 Å². The van der Waals surface area contributed by atoms with Crippen LogP contribution in [0, 0.1) is 0 Å². The van der Waals surface area contributed by atoms with E-state index in [-0.39, 0.29) is 18.2 Å². The monoisotopic (exact) mass is 319 g/mol. The number of aliphatic hydroxyl groups is 1. The summed E-state index contributed by atoms with van der Waals surface area (Å²) < 4.78 is 0.